The lowest BCUT2D eigenvalue weighted by molar-refractivity contribution is 0.0922. The third-order valence-electron chi connectivity index (χ3n) is 4.19. The molecule has 3 N–H and O–H groups in total. The third-order valence-corrected chi connectivity index (χ3v) is 4.19. The Kier molecular flexibility index (Phi) is 3.76. The molecular formula is C14H22N4O2. The van der Waals surface area contributed by atoms with Gasteiger partial charge in [0.1, 0.15) is 5.76 Å². The largest absolute Gasteiger partial charge is 0.360 e. The Labute approximate surface area is 118 Å². The number of amides is 1. The number of carbonyl (C=O) groups excluding carboxylic acids is 1. The van der Waals surface area contributed by atoms with Crippen LogP contribution in [0.4, 0.5) is 0 Å². The molecule has 2 unspecified atom stereocenters. The first-order valence-electron chi connectivity index (χ1n) is 7.37. The van der Waals surface area contributed by atoms with E-state index in [0.717, 1.165) is 38.2 Å². The van der Waals surface area contributed by atoms with Crippen molar-refractivity contribution in [2.75, 3.05) is 26.2 Å². The Balaban J connectivity index is 1.57. The predicted octanol–water partition coefficient (Wildman–Crippen LogP) is 0.561. The molecular weight excluding hydrogens is 256 g/mol. The lowest BCUT2D eigenvalue weighted by Gasteiger charge is -2.15. The number of hydrogen-bond acceptors (Lipinski definition) is 5. The average molecular weight is 278 g/mol. The number of aromatic nitrogens is 1. The molecule has 6 heteroatoms. The standard InChI is InChI=1S/C14H22N4O2/c1-9-7-18(5-4-15)8-12(9)16-14(19)11-6-13(20-17-11)10-2-3-10/h6,9-10,12H,2-5,7-8,15H2,1H3,(H,16,19). The number of rotatable bonds is 5. The molecule has 1 saturated heterocycles. The Bertz CT molecular complexity index is 483. The molecule has 0 spiro atoms. The van der Waals surface area contributed by atoms with E-state index in [9.17, 15) is 4.79 Å². The summed E-state index contributed by atoms with van der Waals surface area (Å²) in [7, 11) is 0. The minimum absolute atomic E-state index is 0.132. The summed E-state index contributed by atoms with van der Waals surface area (Å²) in [6, 6.07) is 1.94. The normalized spacial score (nSPS) is 26.9. The van der Waals surface area contributed by atoms with E-state index in [1.807, 2.05) is 0 Å². The second-order valence-corrected chi connectivity index (χ2v) is 5.99. The smallest absolute Gasteiger partial charge is 0.273 e. The molecule has 20 heavy (non-hydrogen) atoms. The maximum atomic E-state index is 12.2. The number of nitrogens with one attached hydrogen (secondary N) is 1. The van der Waals surface area contributed by atoms with Gasteiger partial charge in [-0.25, -0.2) is 0 Å². The molecule has 110 valence electrons. The van der Waals surface area contributed by atoms with Crippen molar-refractivity contribution in [2.24, 2.45) is 11.7 Å². The van der Waals surface area contributed by atoms with Crippen LogP contribution in [0.3, 0.4) is 0 Å². The van der Waals surface area contributed by atoms with E-state index in [4.69, 9.17) is 10.3 Å². The van der Waals surface area contributed by atoms with Crippen molar-refractivity contribution in [1.82, 2.24) is 15.4 Å². The molecule has 2 aliphatic rings. The van der Waals surface area contributed by atoms with Crippen molar-refractivity contribution in [1.29, 1.82) is 0 Å². The number of nitrogens with zero attached hydrogens (tertiary/aromatic N) is 2. The highest BCUT2D eigenvalue weighted by molar-refractivity contribution is 5.92. The van der Waals surface area contributed by atoms with Gasteiger partial charge >= 0.3 is 0 Å². The lowest BCUT2D eigenvalue weighted by atomic mass is 10.1. The van der Waals surface area contributed by atoms with Gasteiger partial charge in [-0.05, 0) is 18.8 Å². The highest BCUT2D eigenvalue weighted by Crippen LogP contribution is 2.40. The molecule has 1 aromatic heterocycles. The van der Waals surface area contributed by atoms with Crippen LogP contribution in [0.25, 0.3) is 0 Å². The molecule has 1 aliphatic heterocycles. The van der Waals surface area contributed by atoms with Gasteiger partial charge in [0, 0.05) is 44.2 Å². The van der Waals surface area contributed by atoms with Crippen LogP contribution in [-0.4, -0.2) is 48.2 Å². The van der Waals surface area contributed by atoms with Gasteiger partial charge in [-0.2, -0.15) is 0 Å². The van der Waals surface area contributed by atoms with Crippen molar-refractivity contribution >= 4 is 5.91 Å². The van der Waals surface area contributed by atoms with Crippen LogP contribution in [0.15, 0.2) is 10.6 Å². The molecule has 0 aromatic carbocycles. The predicted molar refractivity (Wildman–Crippen MR) is 74.4 cm³/mol. The van der Waals surface area contributed by atoms with Crippen LogP contribution in [0.1, 0.15) is 41.9 Å². The van der Waals surface area contributed by atoms with Gasteiger partial charge in [0.2, 0.25) is 0 Å². The molecule has 0 radical (unpaired) electrons. The first-order valence-corrected chi connectivity index (χ1v) is 7.37. The molecule has 6 nitrogen and oxygen atoms in total. The molecule has 1 amide bonds. The van der Waals surface area contributed by atoms with Crippen molar-refractivity contribution in [3.8, 4) is 0 Å². The van der Waals surface area contributed by atoms with Crippen molar-refractivity contribution in [3.05, 3.63) is 17.5 Å². The molecule has 1 saturated carbocycles. The maximum Gasteiger partial charge on any atom is 0.273 e. The van der Waals surface area contributed by atoms with Crippen LogP contribution in [0.5, 0.6) is 0 Å². The topological polar surface area (TPSA) is 84.4 Å². The van der Waals surface area contributed by atoms with Crippen molar-refractivity contribution in [3.63, 3.8) is 0 Å². The number of hydrogen-bond donors (Lipinski definition) is 2. The number of carbonyl (C=O) groups is 1. The van der Waals surface area contributed by atoms with E-state index in [0.29, 0.717) is 24.1 Å². The first-order chi connectivity index (χ1) is 9.67. The molecule has 2 atom stereocenters. The summed E-state index contributed by atoms with van der Waals surface area (Å²) in [6.45, 7) is 5.53. The summed E-state index contributed by atoms with van der Waals surface area (Å²) >= 11 is 0. The minimum Gasteiger partial charge on any atom is -0.360 e. The van der Waals surface area contributed by atoms with E-state index in [2.05, 4.69) is 22.3 Å². The molecule has 3 rings (SSSR count). The van der Waals surface area contributed by atoms with Gasteiger partial charge in [-0.3, -0.25) is 9.69 Å². The van der Waals surface area contributed by atoms with Gasteiger partial charge in [0.25, 0.3) is 5.91 Å². The van der Waals surface area contributed by atoms with Gasteiger partial charge in [0.05, 0.1) is 0 Å². The Hall–Kier alpha value is -1.40. The van der Waals surface area contributed by atoms with E-state index in [1.54, 1.807) is 6.07 Å². The van der Waals surface area contributed by atoms with Gasteiger partial charge in [-0.15, -0.1) is 0 Å². The Morgan fingerprint density at radius 2 is 2.35 bits per heavy atom. The summed E-state index contributed by atoms with van der Waals surface area (Å²) in [5.41, 5.74) is 5.98. The third kappa shape index (κ3) is 2.86. The van der Waals surface area contributed by atoms with Crippen LogP contribution < -0.4 is 11.1 Å². The number of nitrogens with two attached hydrogens (primary N) is 1. The number of likely N-dealkylation sites (tertiary alicyclic amines) is 1. The first kappa shape index (κ1) is 13.6. The Morgan fingerprint density at radius 3 is 3.05 bits per heavy atom. The average Bonchev–Trinajstić information content (AvgIpc) is 3.05. The molecule has 2 heterocycles. The molecule has 1 aromatic rings. The van der Waals surface area contributed by atoms with E-state index < -0.39 is 0 Å². The summed E-state index contributed by atoms with van der Waals surface area (Å²) < 4.78 is 5.22. The van der Waals surface area contributed by atoms with Crippen molar-refractivity contribution < 1.29 is 9.32 Å². The molecule has 1 aliphatic carbocycles. The fourth-order valence-corrected chi connectivity index (χ4v) is 2.82. The van der Waals surface area contributed by atoms with E-state index in [-0.39, 0.29) is 11.9 Å². The highest BCUT2D eigenvalue weighted by Gasteiger charge is 2.32. The summed E-state index contributed by atoms with van der Waals surface area (Å²) in [5, 5.41) is 6.94. The van der Waals surface area contributed by atoms with Gasteiger partial charge in [-0.1, -0.05) is 12.1 Å². The fourth-order valence-electron chi connectivity index (χ4n) is 2.82. The maximum absolute atomic E-state index is 12.2. The second-order valence-electron chi connectivity index (χ2n) is 5.99. The second kappa shape index (κ2) is 5.54. The molecule has 2 fully saturated rings. The van der Waals surface area contributed by atoms with Crippen LogP contribution in [0.2, 0.25) is 0 Å². The van der Waals surface area contributed by atoms with Crippen LogP contribution in [-0.2, 0) is 0 Å². The van der Waals surface area contributed by atoms with Gasteiger partial charge in [0.15, 0.2) is 5.69 Å². The zero-order valence-electron chi connectivity index (χ0n) is 11.8. The monoisotopic (exact) mass is 278 g/mol. The van der Waals surface area contributed by atoms with Crippen LogP contribution >= 0.6 is 0 Å². The van der Waals surface area contributed by atoms with E-state index >= 15 is 0 Å². The summed E-state index contributed by atoms with van der Waals surface area (Å²) in [6.07, 6.45) is 2.29. The van der Waals surface area contributed by atoms with Gasteiger partial charge < -0.3 is 15.6 Å². The van der Waals surface area contributed by atoms with Crippen molar-refractivity contribution in [2.45, 2.75) is 31.7 Å². The zero-order chi connectivity index (χ0) is 14.1. The fraction of sp³-hybridized carbons (Fsp3) is 0.714. The summed E-state index contributed by atoms with van der Waals surface area (Å²) in [4.78, 5) is 14.5. The quantitative estimate of drug-likeness (QED) is 0.822. The Morgan fingerprint density at radius 1 is 1.55 bits per heavy atom. The zero-order valence-corrected chi connectivity index (χ0v) is 11.8. The molecule has 0 bridgehead atoms. The highest BCUT2D eigenvalue weighted by atomic mass is 16.5. The van der Waals surface area contributed by atoms with E-state index in [1.165, 1.54) is 0 Å². The van der Waals surface area contributed by atoms with Crippen LogP contribution in [0, 0.1) is 5.92 Å². The summed E-state index contributed by atoms with van der Waals surface area (Å²) in [5.74, 6) is 1.63. The minimum atomic E-state index is -0.132. The lowest BCUT2D eigenvalue weighted by Crippen LogP contribution is -2.40. The SMILES string of the molecule is CC1CN(CCN)CC1NC(=O)c1cc(C2CC2)on1.